The highest BCUT2D eigenvalue weighted by Gasteiger charge is 2.11. The zero-order chi connectivity index (χ0) is 14.7. The molecule has 1 N–H and O–H groups in total. The van der Waals surface area contributed by atoms with Crippen LogP contribution in [0.25, 0.3) is 11.0 Å². The van der Waals surface area contributed by atoms with Crippen molar-refractivity contribution < 1.29 is 4.84 Å². The van der Waals surface area contributed by atoms with Gasteiger partial charge in [0.25, 0.3) is 5.56 Å². The molecule has 0 unspecified atom stereocenters. The smallest absolute Gasteiger partial charge is 0.288 e. The average molecular weight is 272 g/mol. The topological polar surface area (TPSA) is 69.0 Å². The molecule has 0 aliphatic rings. The quantitative estimate of drug-likeness (QED) is 0.836. The van der Waals surface area contributed by atoms with Crippen LogP contribution < -0.4 is 15.7 Å². The molecular formula is C14H16N4O2. The van der Waals surface area contributed by atoms with E-state index in [1.54, 1.807) is 18.3 Å². The van der Waals surface area contributed by atoms with Crippen molar-refractivity contribution in [2.24, 2.45) is 0 Å². The Labute approximate surface area is 116 Å². The molecule has 0 saturated heterocycles. The van der Waals surface area contributed by atoms with E-state index in [4.69, 9.17) is 4.84 Å². The summed E-state index contributed by atoms with van der Waals surface area (Å²) in [6, 6.07) is 1.78. The third-order valence-corrected chi connectivity index (χ3v) is 2.86. The molecule has 2 rings (SSSR count). The number of nitrogens with zero attached hydrogens (tertiary/aromatic N) is 3. The van der Waals surface area contributed by atoms with E-state index >= 15 is 0 Å². The van der Waals surface area contributed by atoms with Gasteiger partial charge in [0.1, 0.15) is 7.11 Å². The molecule has 2 aromatic rings. The van der Waals surface area contributed by atoms with Crippen LogP contribution in [-0.2, 0) is 6.42 Å². The molecule has 0 bridgehead atoms. The van der Waals surface area contributed by atoms with Gasteiger partial charge in [-0.3, -0.25) is 4.79 Å². The summed E-state index contributed by atoms with van der Waals surface area (Å²) in [7, 11) is 1.43. The van der Waals surface area contributed by atoms with E-state index in [2.05, 4.69) is 28.4 Å². The molecule has 20 heavy (non-hydrogen) atoms. The zero-order valence-corrected chi connectivity index (χ0v) is 11.5. The van der Waals surface area contributed by atoms with Crippen molar-refractivity contribution in [1.29, 1.82) is 0 Å². The molecule has 0 spiro atoms. The van der Waals surface area contributed by atoms with E-state index in [-0.39, 0.29) is 5.56 Å². The Bertz CT molecular complexity index is 734. The van der Waals surface area contributed by atoms with Gasteiger partial charge in [0.05, 0.1) is 0 Å². The van der Waals surface area contributed by atoms with Crippen molar-refractivity contribution in [2.75, 3.05) is 12.4 Å². The van der Waals surface area contributed by atoms with Gasteiger partial charge < -0.3 is 10.2 Å². The zero-order valence-electron chi connectivity index (χ0n) is 11.5. The second-order valence-electron chi connectivity index (χ2n) is 4.13. The molecule has 6 heteroatoms. The molecule has 2 heterocycles. The van der Waals surface area contributed by atoms with Crippen LogP contribution in [-0.4, -0.2) is 21.8 Å². The van der Waals surface area contributed by atoms with Gasteiger partial charge in [0.2, 0.25) is 5.95 Å². The molecule has 0 saturated carbocycles. The lowest BCUT2D eigenvalue weighted by molar-refractivity contribution is 0.166. The summed E-state index contributed by atoms with van der Waals surface area (Å²) in [4.78, 5) is 25.7. The Morgan fingerprint density at radius 3 is 2.95 bits per heavy atom. The lowest BCUT2D eigenvalue weighted by Gasteiger charge is -2.11. The summed E-state index contributed by atoms with van der Waals surface area (Å²) in [6.07, 6.45) is 3.80. The molecular weight excluding hydrogens is 256 g/mol. The van der Waals surface area contributed by atoms with Gasteiger partial charge >= 0.3 is 0 Å². The number of anilines is 1. The summed E-state index contributed by atoms with van der Waals surface area (Å²) >= 11 is 0. The summed E-state index contributed by atoms with van der Waals surface area (Å²) in [6.45, 7) is 9.23. The first-order valence-corrected chi connectivity index (χ1v) is 6.15. The fraction of sp³-hybridized carbons (Fsp3) is 0.214. The molecule has 104 valence electrons. The maximum Gasteiger partial charge on any atom is 0.288 e. The monoisotopic (exact) mass is 272 g/mol. The molecule has 0 amide bonds. The molecule has 0 atom stereocenters. The SMILES string of the molecule is C=CC(=C)Nc1ncc2cc(CC)c(=O)n(OC)c2n1. The van der Waals surface area contributed by atoms with Gasteiger partial charge in [0, 0.05) is 22.8 Å². The summed E-state index contributed by atoms with van der Waals surface area (Å²) < 4.78 is 1.16. The Balaban J connectivity index is 2.64. The largest absolute Gasteiger partial charge is 0.412 e. The predicted octanol–water partition coefficient (Wildman–Crippen LogP) is 1.52. The van der Waals surface area contributed by atoms with Crippen molar-refractivity contribution in [2.45, 2.75) is 13.3 Å². The van der Waals surface area contributed by atoms with Gasteiger partial charge in [0.15, 0.2) is 5.65 Å². The molecule has 0 fully saturated rings. The van der Waals surface area contributed by atoms with Crippen LogP contribution in [0.4, 0.5) is 5.95 Å². The fourth-order valence-electron chi connectivity index (χ4n) is 1.80. The van der Waals surface area contributed by atoms with Crippen molar-refractivity contribution >= 4 is 17.0 Å². The van der Waals surface area contributed by atoms with Crippen LogP contribution in [0, 0.1) is 0 Å². The minimum atomic E-state index is -0.213. The second-order valence-corrected chi connectivity index (χ2v) is 4.13. The van der Waals surface area contributed by atoms with Crippen LogP contribution in [0.3, 0.4) is 0 Å². The first-order chi connectivity index (χ1) is 9.60. The third kappa shape index (κ3) is 2.40. The maximum absolute atomic E-state index is 12.2. The van der Waals surface area contributed by atoms with Gasteiger partial charge in [-0.2, -0.15) is 4.98 Å². The van der Waals surface area contributed by atoms with E-state index in [0.717, 1.165) is 10.1 Å². The Kier molecular flexibility index (Phi) is 3.84. The van der Waals surface area contributed by atoms with Gasteiger partial charge in [-0.05, 0) is 18.6 Å². The molecule has 2 aromatic heterocycles. The Morgan fingerprint density at radius 2 is 2.35 bits per heavy atom. The lowest BCUT2D eigenvalue weighted by Crippen LogP contribution is -2.28. The number of pyridine rings is 1. The summed E-state index contributed by atoms with van der Waals surface area (Å²) in [5.41, 5.74) is 1.42. The normalized spacial score (nSPS) is 10.3. The second kappa shape index (κ2) is 5.56. The highest BCUT2D eigenvalue weighted by molar-refractivity contribution is 5.75. The fourth-order valence-corrected chi connectivity index (χ4v) is 1.80. The van der Waals surface area contributed by atoms with Crippen molar-refractivity contribution in [3.05, 3.63) is 53.1 Å². The first kappa shape index (κ1) is 13.8. The molecule has 0 aliphatic heterocycles. The third-order valence-electron chi connectivity index (χ3n) is 2.86. The van der Waals surface area contributed by atoms with Crippen LogP contribution >= 0.6 is 0 Å². The highest BCUT2D eigenvalue weighted by Crippen LogP contribution is 2.13. The number of nitrogens with one attached hydrogen (secondary N) is 1. The number of fused-ring (bicyclic) bond motifs is 1. The number of aromatic nitrogens is 3. The van der Waals surface area contributed by atoms with E-state index < -0.39 is 0 Å². The number of rotatable bonds is 5. The van der Waals surface area contributed by atoms with E-state index in [9.17, 15) is 4.79 Å². The van der Waals surface area contributed by atoms with E-state index in [1.807, 2.05) is 6.92 Å². The van der Waals surface area contributed by atoms with Gasteiger partial charge in [-0.25, -0.2) is 4.98 Å². The maximum atomic E-state index is 12.2. The van der Waals surface area contributed by atoms with Crippen LogP contribution in [0.5, 0.6) is 0 Å². The van der Waals surface area contributed by atoms with Crippen molar-refractivity contribution in [3.8, 4) is 0 Å². The van der Waals surface area contributed by atoms with E-state index in [0.29, 0.717) is 29.3 Å². The Hall–Kier alpha value is -2.63. The first-order valence-electron chi connectivity index (χ1n) is 6.15. The van der Waals surface area contributed by atoms with Crippen molar-refractivity contribution in [1.82, 2.24) is 14.7 Å². The highest BCUT2D eigenvalue weighted by atomic mass is 16.6. The minimum Gasteiger partial charge on any atom is -0.412 e. The molecule has 0 aromatic carbocycles. The Morgan fingerprint density at radius 1 is 1.60 bits per heavy atom. The van der Waals surface area contributed by atoms with Crippen LogP contribution in [0.1, 0.15) is 12.5 Å². The standard InChI is InChI=1S/C14H16N4O2/c1-5-9(3)16-14-15-8-11-7-10(6-2)13(19)18(20-4)12(11)17-14/h5,7-8H,1,3,6H2,2,4H3,(H,15,16,17). The molecule has 6 nitrogen and oxygen atoms in total. The number of allylic oxidation sites excluding steroid dienone is 1. The lowest BCUT2D eigenvalue weighted by atomic mass is 10.2. The van der Waals surface area contributed by atoms with Crippen LogP contribution in [0.15, 0.2) is 42.0 Å². The predicted molar refractivity (Wildman–Crippen MR) is 78.6 cm³/mol. The van der Waals surface area contributed by atoms with Gasteiger partial charge in [-0.1, -0.05) is 20.1 Å². The van der Waals surface area contributed by atoms with Gasteiger partial charge in [-0.15, -0.1) is 4.73 Å². The molecule has 0 radical (unpaired) electrons. The molecule has 0 aliphatic carbocycles. The summed E-state index contributed by atoms with van der Waals surface area (Å²) in [5, 5.41) is 3.61. The number of aryl methyl sites for hydroxylation is 1. The summed E-state index contributed by atoms with van der Waals surface area (Å²) in [5.74, 6) is 0.330. The number of hydrogen-bond acceptors (Lipinski definition) is 5. The van der Waals surface area contributed by atoms with Crippen LogP contribution in [0.2, 0.25) is 0 Å². The number of hydrogen-bond donors (Lipinski definition) is 1. The average Bonchev–Trinajstić information content (AvgIpc) is 2.46. The minimum absolute atomic E-state index is 0.213. The van der Waals surface area contributed by atoms with E-state index in [1.165, 1.54) is 7.11 Å². The van der Waals surface area contributed by atoms with Crippen molar-refractivity contribution in [3.63, 3.8) is 0 Å².